The maximum absolute atomic E-state index is 13.9. The van der Waals surface area contributed by atoms with Gasteiger partial charge in [-0.1, -0.05) is 78.9 Å². The van der Waals surface area contributed by atoms with E-state index in [1.807, 2.05) is 54.6 Å². The smallest absolute Gasteiger partial charge is 0.410 e. The Kier molecular flexibility index (Phi) is 9.11. The number of methoxy groups -OCH3 is 1. The maximum atomic E-state index is 13.9. The molecular weight excluding hydrogens is 574 g/mol. The minimum absolute atomic E-state index is 0.0911. The van der Waals surface area contributed by atoms with Crippen molar-refractivity contribution in [1.29, 1.82) is 0 Å². The predicted molar refractivity (Wildman–Crippen MR) is 165 cm³/mol. The third-order valence-corrected chi connectivity index (χ3v) is 8.94. The number of esters is 1. The van der Waals surface area contributed by atoms with Crippen molar-refractivity contribution >= 4 is 23.9 Å². The molecule has 0 bridgehead atoms. The molecule has 0 radical (unpaired) electrons. The number of hydrogen-bond donors (Lipinski definition) is 1. The minimum atomic E-state index is -0.839. The molecule has 0 spiro atoms. The van der Waals surface area contributed by atoms with Crippen molar-refractivity contribution < 1.29 is 33.4 Å². The number of amides is 3. The Hall–Kier alpha value is -4.70. The number of carbonyl (C=O) groups is 4. The van der Waals surface area contributed by atoms with Gasteiger partial charge in [0.05, 0.1) is 6.10 Å². The third kappa shape index (κ3) is 6.42. The molecule has 2 heterocycles. The minimum Gasteiger partial charge on any atom is -0.460 e. The lowest BCUT2D eigenvalue weighted by atomic mass is 9.98. The summed E-state index contributed by atoms with van der Waals surface area (Å²) in [6.07, 6.45) is 0.505. The van der Waals surface area contributed by atoms with E-state index < -0.39 is 30.1 Å². The van der Waals surface area contributed by atoms with Crippen molar-refractivity contribution in [2.24, 2.45) is 0 Å². The van der Waals surface area contributed by atoms with Crippen LogP contribution in [0.5, 0.6) is 0 Å². The van der Waals surface area contributed by atoms with E-state index in [1.165, 1.54) is 16.9 Å². The first-order valence-corrected chi connectivity index (χ1v) is 15.4. The van der Waals surface area contributed by atoms with Gasteiger partial charge >= 0.3 is 12.1 Å². The summed E-state index contributed by atoms with van der Waals surface area (Å²) in [6, 6.07) is 23.9. The summed E-state index contributed by atoms with van der Waals surface area (Å²) in [6.45, 7) is 0.532. The van der Waals surface area contributed by atoms with Crippen LogP contribution in [-0.4, -0.2) is 85.2 Å². The van der Waals surface area contributed by atoms with Crippen LogP contribution in [0.2, 0.25) is 0 Å². The lowest BCUT2D eigenvalue weighted by Gasteiger charge is -2.30. The molecule has 10 nitrogen and oxygen atoms in total. The zero-order chi connectivity index (χ0) is 31.3. The predicted octanol–water partition coefficient (Wildman–Crippen LogP) is 3.88. The Morgan fingerprint density at radius 2 is 1.49 bits per heavy atom. The monoisotopic (exact) mass is 611 g/mol. The zero-order valence-electron chi connectivity index (χ0n) is 25.2. The number of benzene rings is 3. The molecule has 3 aromatic carbocycles. The number of nitrogens with one attached hydrogen (secondary N) is 1. The summed E-state index contributed by atoms with van der Waals surface area (Å²) < 4.78 is 16.6. The van der Waals surface area contributed by atoms with Gasteiger partial charge in [-0.2, -0.15) is 0 Å². The molecule has 10 heteroatoms. The van der Waals surface area contributed by atoms with E-state index in [2.05, 4.69) is 29.6 Å². The van der Waals surface area contributed by atoms with Crippen LogP contribution in [0.15, 0.2) is 78.9 Å². The Balaban J connectivity index is 1.07. The molecule has 1 N–H and O–H groups in total. The average molecular weight is 612 g/mol. The van der Waals surface area contributed by atoms with Crippen LogP contribution < -0.4 is 5.32 Å². The van der Waals surface area contributed by atoms with Crippen LogP contribution in [0.25, 0.3) is 11.1 Å². The summed E-state index contributed by atoms with van der Waals surface area (Å²) in [5.41, 5.74) is 5.34. The first-order valence-electron chi connectivity index (χ1n) is 15.4. The Morgan fingerprint density at radius 1 is 0.822 bits per heavy atom. The van der Waals surface area contributed by atoms with E-state index in [0.29, 0.717) is 19.4 Å². The SMILES string of the molecule is CO[C@@H]1C[C@@H](C(=O)NCC(=O)OCc2ccccc2)N(C(=O)[C@@H]2CCCN2C(=O)OCC2c3ccccc3-c3ccccc32)C1. The van der Waals surface area contributed by atoms with E-state index in [4.69, 9.17) is 14.2 Å². The summed E-state index contributed by atoms with van der Waals surface area (Å²) in [5.74, 6) is -1.46. The molecule has 3 aromatic rings. The van der Waals surface area contributed by atoms with Gasteiger partial charge in [0.15, 0.2) is 0 Å². The molecule has 0 aromatic heterocycles. The summed E-state index contributed by atoms with van der Waals surface area (Å²) >= 11 is 0. The molecule has 45 heavy (non-hydrogen) atoms. The van der Waals surface area contributed by atoms with Crippen molar-refractivity contribution in [3.05, 3.63) is 95.6 Å². The number of hydrogen-bond acceptors (Lipinski definition) is 7. The molecule has 3 amide bonds. The van der Waals surface area contributed by atoms with Crippen LogP contribution in [-0.2, 0) is 35.2 Å². The maximum Gasteiger partial charge on any atom is 0.410 e. The Morgan fingerprint density at radius 3 is 2.18 bits per heavy atom. The molecule has 0 saturated carbocycles. The van der Waals surface area contributed by atoms with Gasteiger partial charge in [-0.25, -0.2) is 4.79 Å². The highest BCUT2D eigenvalue weighted by atomic mass is 16.6. The van der Waals surface area contributed by atoms with Crippen LogP contribution in [0.4, 0.5) is 4.79 Å². The number of carbonyl (C=O) groups excluding carboxylic acids is 4. The van der Waals surface area contributed by atoms with Gasteiger partial charge in [-0.3, -0.25) is 19.3 Å². The van der Waals surface area contributed by atoms with Gasteiger partial charge in [-0.15, -0.1) is 0 Å². The Bertz CT molecular complexity index is 1520. The van der Waals surface area contributed by atoms with E-state index in [-0.39, 0.29) is 50.7 Å². The number of rotatable bonds is 9. The quantitative estimate of drug-likeness (QED) is 0.366. The van der Waals surface area contributed by atoms with Crippen molar-refractivity contribution in [2.45, 2.75) is 50.0 Å². The second-order valence-electron chi connectivity index (χ2n) is 11.6. The number of nitrogens with zero attached hydrogens (tertiary/aromatic N) is 2. The first kappa shape index (κ1) is 30.3. The molecule has 3 atom stereocenters. The topological polar surface area (TPSA) is 114 Å². The average Bonchev–Trinajstić information content (AvgIpc) is 3.82. The van der Waals surface area contributed by atoms with Crippen LogP contribution in [0, 0.1) is 0 Å². The van der Waals surface area contributed by atoms with Gasteiger partial charge in [0.2, 0.25) is 11.8 Å². The largest absolute Gasteiger partial charge is 0.460 e. The lowest BCUT2D eigenvalue weighted by Crippen LogP contribution is -2.53. The molecule has 2 saturated heterocycles. The highest BCUT2D eigenvalue weighted by Gasteiger charge is 2.45. The third-order valence-electron chi connectivity index (χ3n) is 8.94. The van der Waals surface area contributed by atoms with Crippen LogP contribution in [0.3, 0.4) is 0 Å². The summed E-state index contributed by atoms with van der Waals surface area (Å²) in [5, 5.41) is 2.61. The van der Waals surface area contributed by atoms with Gasteiger partial charge in [0, 0.05) is 32.5 Å². The highest BCUT2D eigenvalue weighted by molar-refractivity contribution is 5.93. The second kappa shape index (κ2) is 13.5. The molecule has 0 unspecified atom stereocenters. The van der Waals surface area contributed by atoms with Crippen molar-refractivity contribution in [1.82, 2.24) is 15.1 Å². The molecule has 1 aliphatic carbocycles. The fourth-order valence-corrected chi connectivity index (χ4v) is 6.64. The van der Waals surface area contributed by atoms with Crippen molar-refractivity contribution in [3.8, 4) is 11.1 Å². The Labute approximate surface area is 262 Å². The van der Waals surface area contributed by atoms with E-state index in [0.717, 1.165) is 27.8 Å². The summed E-state index contributed by atoms with van der Waals surface area (Å²) in [7, 11) is 1.53. The van der Waals surface area contributed by atoms with Crippen LogP contribution >= 0.6 is 0 Å². The number of likely N-dealkylation sites (tertiary alicyclic amines) is 2. The van der Waals surface area contributed by atoms with E-state index >= 15 is 0 Å². The fraction of sp³-hybridized carbons (Fsp3) is 0.371. The molecular formula is C35H37N3O7. The molecule has 2 fully saturated rings. The van der Waals surface area contributed by atoms with Crippen molar-refractivity contribution in [2.75, 3.05) is 33.4 Å². The van der Waals surface area contributed by atoms with Crippen molar-refractivity contribution in [3.63, 3.8) is 0 Å². The fourth-order valence-electron chi connectivity index (χ4n) is 6.64. The summed E-state index contributed by atoms with van der Waals surface area (Å²) in [4.78, 5) is 55.7. The van der Waals surface area contributed by atoms with Gasteiger partial charge < -0.3 is 24.4 Å². The molecule has 6 rings (SSSR count). The zero-order valence-corrected chi connectivity index (χ0v) is 25.2. The van der Waals surface area contributed by atoms with Gasteiger partial charge in [0.25, 0.3) is 0 Å². The van der Waals surface area contributed by atoms with E-state index in [9.17, 15) is 19.2 Å². The van der Waals surface area contributed by atoms with Gasteiger partial charge in [-0.05, 0) is 40.7 Å². The van der Waals surface area contributed by atoms with Crippen LogP contribution in [0.1, 0.15) is 41.9 Å². The normalized spacial score (nSPS) is 20.4. The highest BCUT2D eigenvalue weighted by Crippen LogP contribution is 2.44. The van der Waals surface area contributed by atoms with Gasteiger partial charge in [0.1, 0.15) is 31.8 Å². The molecule has 3 aliphatic rings. The molecule has 234 valence electrons. The lowest BCUT2D eigenvalue weighted by molar-refractivity contribution is -0.146. The molecule has 2 aliphatic heterocycles. The number of ether oxygens (including phenoxy) is 3. The van der Waals surface area contributed by atoms with E-state index in [1.54, 1.807) is 0 Å². The first-order chi connectivity index (χ1) is 21.9. The second-order valence-corrected chi connectivity index (χ2v) is 11.6. The number of fused-ring (bicyclic) bond motifs is 3. The standard InChI is InChI=1S/C35H37N3O7/c1-43-24-18-31(33(40)36-19-32(39)44-21-23-10-3-2-4-11-23)38(20-24)34(41)30-16-9-17-37(30)35(42)45-22-29-27-14-7-5-12-25(27)26-13-6-8-15-28(26)29/h2-8,10-15,24,29-31H,9,16-22H2,1H3,(H,36,40)/t24-,30+,31+/m1/s1.